The first kappa shape index (κ1) is 13.4. The van der Waals surface area contributed by atoms with Crippen LogP contribution < -0.4 is 16.6 Å². The van der Waals surface area contributed by atoms with E-state index in [1.165, 1.54) is 0 Å². The summed E-state index contributed by atoms with van der Waals surface area (Å²) in [6.45, 7) is 1.82. The smallest absolute Gasteiger partial charge is 0.257 e. The van der Waals surface area contributed by atoms with Crippen LogP contribution in [-0.2, 0) is 7.05 Å². The molecule has 7 heteroatoms. The number of nitrogens with two attached hydrogens (primary N) is 1. The van der Waals surface area contributed by atoms with Crippen LogP contribution >= 0.6 is 11.6 Å². The molecule has 0 fully saturated rings. The van der Waals surface area contributed by atoms with Crippen LogP contribution in [-0.4, -0.2) is 15.7 Å². The lowest BCUT2D eigenvalue weighted by atomic mass is 10.1. The molecule has 0 aliphatic carbocycles. The first-order valence-electron chi connectivity index (χ1n) is 5.59. The van der Waals surface area contributed by atoms with Crippen LogP contribution in [0, 0.1) is 6.92 Å². The van der Waals surface area contributed by atoms with Crippen molar-refractivity contribution in [1.29, 1.82) is 0 Å². The second kappa shape index (κ2) is 5.29. The highest BCUT2D eigenvalue weighted by molar-refractivity contribution is 6.31. The molecule has 0 saturated carbocycles. The van der Waals surface area contributed by atoms with Gasteiger partial charge in [0, 0.05) is 18.3 Å². The van der Waals surface area contributed by atoms with Crippen LogP contribution in [0.3, 0.4) is 0 Å². The molecule has 2 rings (SSSR count). The quantitative estimate of drug-likeness (QED) is 0.592. The molecule has 0 bridgehead atoms. The molecule has 0 radical (unpaired) electrons. The second-order valence-electron chi connectivity index (χ2n) is 4.09. The van der Waals surface area contributed by atoms with Gasteiger partial charge in [-0.1, -0.05) is 11.6 Å². The molecule has 1 aromatic heterocycles. The minimum atomic E-state index is -0.299. The largest absolute Gasteiger partial charge is 0.323 e. The van der Waals surface area contributed by atoms with Gasteiger partial charge < -0.3 is 10.7 Å². The summed E-state index contributed by atoms with van der Waals surface area (Å²) in [5, 5.41) is 7.39. The zero-order chi connectivity index (χ0) is 14.0. The van der Waals surface area contributed by atoms with Gasteiger partial charge in [0.25, 0.3) is 5.91 Å². The number of hydrazine groups is 1. The van der Waals surface area contributed by atoms with Gasteiger partial charge in [-0.25, -0.2) is 0 Å². The highest BCUT2D eigenvalue weighted by Gasteiger charge is 2.14. The minimum Gasteiger partial charge on any atom is -0.323 e. The molecule has 100 valence electrons. The number of carbonyl (C=O) groups is 1. The Hall–Kier alpha value is -2.05. The van der Waals surface area contributed by atoms with E-state index in [-0.39, 0.29) is 5.91 Å². The number of anilines is 2. The fraction of sp³-hybridized carbons (Fsp3) is 0.167. The van der Waals surface area contributed by atoms with E-state index in [0.29, 0.717) is 22.0 Å². The maximum Gasteiger partial charge on any atom is 0.257 e. The Kier molecular flexibility index (Phi) is 3.73. The number of aromatic nitrogens is 2. The van der Waals surface area contributed by atoms with Gasteiger partial charge in [0.2, 0.25) is 0 Å². The summed E-state index contributed by atoms with van der Waals surface area (Å²) in [6.07, 6.45) is 1.73. The SMILES string of the molecule is Cc1nn(C)cc1NC(=O)c1cc(Cl)ccc1NN. The summed E-state index contributed by atoms with van der Waals surface area (Å²) in [5.74, 6) is 5.08. The molecule has 0 atom stereocenters. The Morgan fingerprint density at radius 1 is 1.42 bits per heavy atom. The molecule has 2 aromatic rings. The van der Waals surface area contributed by atoms with Gasteiger partial charge in [0.15, 0.2) is 0 Å². The summed E-state index contributed by atoms with van der Waals surface area (Å²) in [5.41, 5.74) is 4.73. The highest BCUT2D eigenvalue weighted by atomic mass is 35.5. The molecule has 19 heavy (non-hydrogen) atoms. The molecule has 0 aliphatic heterocycles. The van der Waals surface area contributed by atoms with Crippen LogP contribution in [0.4, 0.5) is 11.4 Å². The topological polar surface area (TPSA) is 85.0 Å². The molecule has 4 N–H and O–H groups in total. The fourth-order valence-corrected chi connectivity index (χ4v) is 1.91. The molecule has 0 aliphatic rings. The predicted molar refractivity (Wildman–Crippen MR) is 75.2 cm³/mol. The van der Waals surface area contributed by atoms with Gasteiger partial charge in [-0.15, -0.1) is 0 Å². The summed E-state index contributed by atoms with van der Waals surface area (Å²) < 4.78 is 1.63. The van der Waals surface area contributed by atoms with Gasteiger partial charge >= 0.3 is 0 Å². The summed E-state index contributed by atoms with van der Waals surface area (Å²) in [7, 11) is 1.79. The third kappa shape index (κ3) is 2.86. The number of rotatable bonds is 3. The molecule has 1 amide bonds. The number of aryl methyl sites for hydroxylation is 2. The van der Waals surface area contributed by atoms with Gasteiger partial charge in [-0.05, 0) is 25.1 Å². The Morgan fingerprint density at radius 3 is 2.74 bits per heavy atom. The van der Waals surface area contributed by atoms with E-state index in [2.05, 4.69) is 15.8 Å². The van der Waals surface area contributed by atoms with Crippen molar-refractivity contribution in [3.05, 3.63) is 40.7 Å². The molecule has 6 nitrogen and oxygen atoms in total. The van der Waals surface area contributed by atoms with Gasteiger partial charge in [-0.2, -0.15) is 5.10 Å². The predicted octanol–water partition coefficient (Wildman–Crippen LogP) is 1.92. The van der Waals surface area contributed by atoms with Gasteiger partial charge in [0.05, 0.1) is 22.6 Å². The van der Waals surface area contributed by atoms with Crippen molar-refractivity contribution < 1.29 is 4.79 Å². The van der Waals surface area contributed by atoms with Crippen LogP contribution in [0.1, 0.15) is 16.1 Å². The lowest BCUT2D eigenvalue weighted by Crippen LogP contribution is -2.17. The molecule has 1 aromatic carbocycles. The lowest BCUT2D eigenvalue weighted by molar-refractivity contribution is 0.102. The van der Waals surface area contributed by atoms with E-state index in [1.54, 1.807) is 36.1 Å². The third-order valence-electron chi connectivity index (χ3n) is 2.64. The third-order valence-corrected chi connectivity index (χ3v) is 2.88. The van der Waals surface area contributed by atoms with Gasteiger partial charge in [0.1, 0.15) is 0 Å². The van der Waals surface area contributed by atoms with Crippen LogP contribution in [0.2, 0.25) is 5.02 Å². The monoisotopic (exact) mass is 279 g/mol. The number of halogens is 1. The number of nitrogens with one attached hydrogen (secondary N) is 2. The number of hydrogen-bond donors (Lipinski definition) is 3. The van der Waals surface area contributed by atoms with E-state index >= 15 is 0 Å². The van der Waals surface area contributed by atoms with Crippen molar-refractivity contribution in [3.8, 4) is 0 Å². The van der Waals surface area contributed by atoms with E-state index in [9.17, 15) is 4.79 Å². The van der Waals surface area contributed by atoms with Crippen molar-refractivity contribution in [1.82, 2.24) is 9.78 Å². The normalized spacial score (nSPS) is 10.3. The average Bonchev–Trinajstić information content (AvgIpc) is 2.67. The maximum absolute atomic E-state index is 12.2. The lowest BCUT2D eigenvalue weighted by Gasteiger charge is -2.09. The van der Waals surface area contributed by atoms with Crippen molar-refractivity contribution in [3.63, 3.8) is 0 Å². The Morgan fingerprint density at radius 2 is 2.16 bits per heavy atom. The molecule has 0 unspecified atom stereocenters. The number of amides is 1. The Labute approximate surface area is 115 Å². The minimum absolute atomic E-state index is 0.299. The Balaban J connectivity index is 2.29. The van der Waals surface area contributed by atoms with E-state index in [1.807, 2.05) is 6.92 Å². The van der Waals surface area contributed by atoms with Crippen molar-refractivity contribution >= 4 is 28.9 Å². The molecule has 0 spiro atoms. The number of nitrogens with zero attached hydrogens (tertiary/aromatic N) is 2. The number of carbonyl (C=O) groups excluding carboxylic acids is 1. The molecular weight excluding hydrogens is 266 g/mol. The highest BCUT2D eigenvalue weighted by Crippen LogP contribution is 2.22. The van der Waals surface area contributed by atoms with E-state index in [0.717, 1.165) is 5.69 Å². The standard InChI is InChI=1S/C12H14ClN5O/c1-7-11(6-18(2)17-7)15-12(19)9-5-8(13)3-4-10(9)16-14/h3-6,16H,14H2,1-2H3,(H,15,19). The number of nitrogen functional groups attached to an aromatic ring is 1. The van der Waals surface area contributed by atoms with Crippen LogP contribution in [0.25, 0.3) is 0 Å². The van der Waals surface area contributed by atoms with Crippen molar-refractivity contribution in [2.24, 2.45) is 12.9 Å². The van der Waals surface area contributed by atoms with Crippen molar-refractivity contribution in [2.45, 2.75) is 6.92 Å². The van der Waals surface area contributed by atoms with E-state index in [4.69, 9.17) is 17.4 Å². The fourth-order valence-electron chi connectivity index (χ4n) is 1.74. The average molecular weight is 280 g/mol. The second-order valence-corrected chi connectivity index (χ2v) is 4.53. The zero-order valence-corrected chi connectivity index (χ0v) is 11.3. The van der Waals surface area contributed by atoms with Crippen LogP contribution in [0.15, 0.2) is 24.4 Å². The van der Waals surface area contributed by atoms with Crippen molar-refractivity contribution in [2.75, 3.05) is 10.7 Å². The molecule has 1 heterocycles. The van der Waals surface area contributed by atoms with Crippen LogP contribution in [0.5, 0.6) is 0 Å². The summed E-state index contributed by atoms with van der Waals surface area (Å²) in [4.78, 5) is 12.2. The molecule has 0 saturated heterocycles. The number of hydrogen-bond acceptors (Lipinski definition) is 4. The first-order valence-corrected chi connectivity index (χ1v) is 5.97. The Bertz CT molecular complexity index is 623. The maximum atomic E-state index is 12.2. The summed E-state index contributed by atoms with van der Waals surface area (Å²) >= 11 is 5.89. The zero-order valence-electron chi connectivity index (χ0n) is 10.6. The first-order chi connectivity index (χ1) is 9.01. The van der Waals surface area contributed by atoms with Gasteiger partial charge in [-0.3, -0.25) is 15.3 Å². The molecular formula is C12H14ClN5O. The summed E-state index contributed by atoms with van der Waals surface area (Å²) in [6, 6.07) is 4.86. The van der Waals surface area contributed by atoms with E-state index < -0.39 is 0 Å². The number of benzene rings is 1.